The third-order valence-electron chi connectivity index (χ3n) is 2.97. The van der Waals surface area contributed by atoms with E-state index in [1.54, 1.807) is 31.2 Å². The molecule has 0 amide bonds. The van der Waals surface area contributed by atoms with Crippen LogP contribution in [-0.2, 0) is 0 Å². The zero-order valence-electron chi connectivity index (χ0n) is 11.6. The molecule has 3 nitrogen and oxygen atoms in total. The molecule has 0 radical (unpaired) electrons. The van der Waals surface area contributed by atoms with Crippen LogP contribution < -0.4 is 10.1 Å². The van der Waals surface area contributed by atoms with Gasteiger partial charge in [0.25, 0.3) is 0 Å². The first-order chi connectivity index (χ1) is 10.1. The van der Waals surface area contributed by atoms with Crippen molar-refractivity contribution in [2.45, 2.75) is 13.0 Å². The van der Waals surface area contributed by atoms with E-state index in [1.807, 2.05) is 0 Å². The van der Waals surface area contributed by atoms with Crippen LogP contribution in [0.5, 0.6) is 5.75 Å². The van der Waals surface area contributed by atoms with Gasteiger partial charge in [-0.2, -0.15) is 0 Å². The Kier molecular flexibility index (Phi) is 5.11. The number of hydrogen-bond acceptors (Lipinski definition) is 3. The van der Waals surface area contributed by atoms with Crippen LogP contribution in [0.2, 0.25) is 0 Å². The molecule has 0 aliphatic carbocycles. The number of benzene rings is 2. The third-order valence-corrected chi connectivity index (χ3v) is 2.97. The molecule has 2 aromatic carbocycles. The number of rotatable bonds is 6. The first-order valence-corrected chi connectivity index (χ1v) is 6.61. The highest BCUT2D eigenvalue weighted by molar-refractivity contribution is 5.45. The number of aryl methyl sites for hydroxylation is 1. The summed E-state index contributed by atoms with van der Waals surface area (Å²) in [6.07, 6.45) is -0.810. The van der Waals surface area contributed by atoms with Gasteiger partial charge in [0.1, 0.15) is 18.5 Å². The SMILES string of the molecule is Cc1cc(NCC(O)COc2ccccc2F)ccc1F. The van der Waals surface area contributed by atoms with Gasteiger partial charge in [-0.3, -0.25) is 0 Å². The number of hydrogen-bond donors (Lipinski definition) is 2. The lowest BCUT2D eigenvalue weighted by Gasteiger charge is -2.14. The molecule has 2 N–H and O–H groups in total. The topological polar surface area (TPSA) is 41.5 Å². The van der Waals surface area contributed by atoms with Crippen molar-refractivity contribution >= 4 is 5.69 Å². The zero-order chi connectivity index (χ0) is 15.2. The van der Waals surface area contributed by atoms with Gasteiger partial charge < -0.3 is 15.2 Å². The molecular weight excluding hydrogens is 276 g/mol. The Morgan fingerprint density at radius 3 is 2.62 bits per heavy atom. The molecule has 0 saturated carbocycles. The monoisotopic (exact) mass is 293 g/mol. The van der Waals surface area contributed by atoms with E-state index in [0.717, 1.165) is 0 Å². The highest BCUT2D eigenvalue weighted by Gasteiger charge is 2.08. The maximum atomic E-state index is 13.3. The van der Waals surface area contributed by atoms with Gasteiger partial charge in [0.2, 0.25) is 0 Å². The molecule has 1 unspecified atom stereocenters. The minimum absolute atomic E-state index is 0.0336. The van der Waals surface area contributed by atoms with Gasteiger partial charge in [-0.05, 0) is 42.8 Å². The van der Waals surface area contributed by atoms with Gasteiger partial charge in [0.05, 0.1) is 0 Å². The van der Waals surface area contributed by atoms with Gasteiger partial charge in [0.15, 0.2) is 11.6 Å². The molecule has 0 aromatic heterocycles. The summed E-state index contributed by atoms with van der Waals surface area (Å²) in [5, 5.41) is 12.8. The molecule has 0 saturated heterocycles. The number of para-hydroxylation sites is 1. The van der Waals surface area contributed by atoms with Gasteiger partial charge >= 0.3 is 0 Å². The van der Waals surface area contributed by atoms with E-state index < -0.39 is 11.9 Å². The Morgan fingerprint density at radius 2 is 1.90 bits per heavy atom. The molecule has 0 fully saturated rings. The third kappa shape index (κ3) is 4.43. The highest BCUT2D eigenvalue weighted by atomic mass is 19.1. The number of ether oxygens (including phenoxy) is 1. The standard InChI is InChI=1S/C16H17F2NO2/c1-11-8-12(6-7-14(11)17)19-9-13(20)10-21-16-5-3-2-4-15(16)18/h2-8,13,19-20H,9-10H2,1H3. The second kappa shape index (κ2) is 7.04. The lowest BCUT2D eigenvalue weighted by atomic mass is 10.2. The fourth-order valence-electron chi connectivity index (χ4n) is 1.80. The molecule has 5 heteroatoms. The van der Waals surface area contributed by atoms with Crippen LogP contribution in [0.25, 0.3) is 0 Å². The van der Waals surface area contributed by atoms with Crippen molar-refractivity contribution in [1.82, 2.24) is 0 Å². The van der Waals surface area contributed by atoms with Crippen LogP contribution in [0, 0.1) is 18.6 Å². The Labute approximate surface area is 122 Å². The van der Waals surface area contributed by atoms with E-state index in [1.165, 1.54) is 18.2 Å². The summed E-state index contributed by atoms with van der Waals surface area (Å²) in [7, 11) is 0. The van der Waals surface area contributed by atoms with Crippen LogP contribution in [-0.4, -0.2) is 24.4 Å². The average Bonchev–Trinajstić information content (AvgIpc) is 2.47. The van der Waals surface area contributed by atoms with Crippen LogP contribution >= 0.6 is 0 Å². The number of anilines is 1. The Morgan fingerprint density at radius 1 is 1.14 bits per heavy atom. The summed E-state index contributed by atoms with van der Waals surface area (Å²) >= 11 is 0. The quantitative estimate of drug-likeness (QED) is 0.860. The van der Waals surface area contributed by atoms with Crippen LogP contribution in [0.15, 0.2) is 42.5 Å². The minimum Gasteiger partial charge on any atom is -0.488 e. The second-order valence-corrected chi connectivity index (χ2v) is 4.74. The van der Waals surface area contributed by atoms with Gasteiger partial charge in [-0.1, -0.05) is 12.1 Å². The predicted molar refractivity (Wildman–Crippen MR) is 77.5 cm³/mol. The lowest BCUT2D eigenvalue weighted by molar-refractivity contribution is 0.115. The van der Waals surface area contributed by atoms with E-state index >= 15 is 0 Å². The maximum Gasteiger partial charge on any atom is 0.165 e. The molecular formula is C16H17F2NO2. The molecule has 21 heavy (non-hydrogen) atoms. The van der Waals surface area contributed by atoms with E-state index in [4.69, 9.17) is 4.74 Å². The van der Waals surface area contributed by atoms with Crippen molar-refractivity contribution in [3.63, 3.8) is 0 Å². The normalized spacial score (nSPS) is 12.0. The number of nitrogens with one attached hydrogen (secondary N) is 1. The molecule has 0 spiro atoms. The van der Waals surface area contributed by atoms with Crippen molar-refractivity contribution in [1.29, 1.82) is 0 Å². The fourth-order valence-corrected chi connectivity index (χ4v) is 1.80. The molecule has 0 aliphatic rings. The van der Waals surface area contributed by atoms with E-state index in [2.05, 4.69) is 5.32 Å². The molecule has 2 aromatic rings. The molecule has 112 valence electrons. The van der Waals surface area contributed by atoms with Gasteiger partial charge in [-0.25, -0.2) is 8.78 Å². The van der Waals surface area contributed by atoms with E-state index in [-0.39, 0.29) is 24.7 Å². The average molecular weight is 293 g/mol. The van der Waals surface area contributed by atoms with Crippen LogP contribution in [0.4, 0.5) is 14.5 Å². The van der Waals surface area contributed by atoms with Crippen molar-refractivity contribution in [3.8, 4) is 5.75 Å². The first kappa shape index (κ1) is 15.3. The number of aliphatic hydroxyl groups excluding tert-OH is 1. The zero-order valence-corrected chi connectivity index (χ0v) is 11.6. The minimum atomic E-state index is -0.810. The van der Waals surface area contributed by atoms with Crippen molar-refractivity contribution in [2.24, 2.45) is 0 Å². The Bertz CT molecular complexity index is 605. The smallest absolute Gasteiger partial charge is 0.165 e. The van der Waals surface area contributed by atoms with Crippen molar-refractivity contribution < 1.29 is 18.6 Å². The summed E-state index contributed by atoms with van der Waals surface area (Å²) in [5.41, 5.74) is 1.23. The maximum absolute atomic E-state index is 13.3. The summed E-state index contributed by atoms with van der Waals surface area (Å²) in [6, 6.07) is 10.6. The molecule has 2 rings (SSSR count). The first-order valence-electron chi connectivity index (χ1n) is 6.61. The second-order valence-electron chi connectivity index (χ2n) is 4.74. The fraction of sp³-hybridized carbons (Fsp3) is 0.250. The molecule has 0 heterocycles. The van der Waals surface area contributed by atoms with Crippen molar-refractivity contribution in [3.05, 3.63) is 59.7 Å². The summed E-state index contributed by atoms with van der Waals surface area (Å²) < 4.78 is 31.6. The Balaban J connectivity index is 1.81. The molecule has 0 bridgehead atoms. The molecule has 0 aliphatic heterocycles. The molecule has 1 atom stereocenters. The van der Waals surface area contributed by atoms with Gasteiger partial charge in [0, 0.05) is 12.2 Å². The van der Waals surface area contributed by atoms with Crippen molar-refractivity contribution in [2.75, 3.05) is 18.5 Å². The summed E-state index contributed by atoms with van der Waals surface area (Å²) in [4.78, 5) is 0. The summed E-state index contributed by atoms with van der Waals surface area (Å²) in [6.45, 7) is 1.85. The highest BCUT2D eigenvalue weighted by Crippen LogP contribution is 2.16. The Hall–Kier alpha value is -2.14. The van der Waals surface area contributed by atoms with Crippen LogP contribution in [0.1, 0.15) is 5.56 Å². The van der Waals surface area contributed by atoms with E-state index in [0.29, 0.717) is 11.3 Å². The summed E-state index contributed by atoms with van der Waals surface area (Å²) in [5.74, 6) is -0.634. The lowest BCUT2D eigenvalue weighted by Crippen LogP contribution is -2.26. The van der Waals surface area contributed by atoms with Crippen LogP contribution in [0.3, 0.4) is 0 Å². The number of halogens is 2. The number of aliphatic hydroxyl groups is 1. The van der Waals surface area contributed by atoms with Gasteiger partial charge in [-0.15, -0.1) is 0 Å². The largest absolute Gasteiger partial charge is 0.488 e. The predicted octanol–water partition coefficient (Wildman–Crippen LogP) is 3.13. The van der Waals surface area contributed by atoms with E-state index in [9.17, 15) is 13.9 Å².